The number of methoxy groups -OCH3 is 1. The van der Waals surface area contributed by atoms with Crippen molar-refractivity contribution in [3.63, 3.8) is 0 Å². The maximum absolute atomic E-state index is 13.7. The third-order valence-corrected chi connectivity index (χ3v) is 4.83. The van der Waals surface area contributed by atoms with Crippen molar-refractivity contribution in [3.05, 3.63) is 62.7 Å². The molecule has 0 radical (unpaired) electrons. The molecular weight excluding hydrogens is 478 g/mol. The van der Waals surface area contributed by atoms with E-state index < -0.39 is 5.82 Å². The summed E-state index contributed by atoms with van der Waals surface area (Å²) in [5.41, 5.74) is 2.29. The SMILES string of the molecule is CCOC(=O)Cc1ccc(F)cc1OCc1cc(I)c2oc(COC)cc2c1. The van der Waals surface area contributed by atoms with Crippen LogP contribution in [0.25, 0.3) is 11.0 Å². The van der Waals surface area contributed by atoms with E-state index in [0.717, 1.165) is 25.9 Å². The average Bonchev–Trinajstić information content (AvgIpc) is 3.05. The van der Waals surface area contributed by atoms with Gasteiger partial charge in [0.2, 0.25) is 0 Å². The molecule has 0 amide bonds. The Bertz CT molecular complexity index is 982. The Morgan fingerprint density at radius 2 is 2.00 bits per heavy atom. The second-order valence-electron chi connectivity index (χ2n) is 6.16. The highest BCUT2D eigenvalue weighted by atomic mass is 127. The van der Waals surface area contributed by atoms with Gasteiger partial charge in [-0.15, -0.1) is 0 Å². The molecule has 3 aromatic rings. The lowest BCUT2D eigenvalue weighted by atomic mass is 10.1. The van der Waals surface area contributed by atoms with Crippen molar-refractivity contribution >= 4 is 39.5 Å². The molecule has 0 N–H and O–H groups in total. The Balaban J connectivity index is 1.79. The third-order valence-electron chi connectivity index (χ3n) is 4.03. The van der Waals surface area contributed by atoms with Crippen LogP contribution in [0.2, 0.25) is 0 Å². The zero-order valence-electron chi connectivity index (χ0n) is 15.6. The number of carbonyl (C=O) groups is 1. The Hall–Kier alpha value is -2.13. The van der Waals surface area contributed by atoms with E-state index >= 15 is 0 Å². The summed E-state index contributed by atoms with van der Waals surface area (Å²) in [5.74, 6) is 0.274. The van der Waals surface area contributed by atoms with Crippen LogP contribution in [0.4, 0.5) is 4.39 Å². The number of fused-ring (bicyclic) bond motifs is 1. The van der Waals surface area contributed by atoms with Crippen LogP contribution in [0.15, 0.2) is 40.8 Å². The van der Waals surface area contributed by atoms with Gasteiger partial charge in [0.15, 0.2) is 0 Å². The molecule has 7 heteroatoms. The topological polar surface area (TPSA) is 57.9 Å². The molecule has 0 fully saturated rings. The van der Waals surface area contributed by atoms with Gasteiger partial charge < -0.3 is 18.6 Å². The number of hydrogen-bond donors (Lipinski definition) is 0. The Labute approximate surface area is 175 Å². The summed E-state index contributed by atoms with van der Waals surface area (Å²) in [4.78, 5) is 11.8. The number of ether oxygens (including phenoxy) is 3. The summed E-state index contributed by atoms with van der Waals surface area (Å²) in [6.45, 7) is 2.67. The van der Waals surface area contributed by atoms with Crippen LogP contribution in [-0.4, -0.2) is 19.7 Å². The highest BCUT2D eigenvalue weighted by Gasteiger charge is 2.13. The summed E-state index contributed by atoms with van der Waals surface area (Å²) < 4.78 is 36.3. The van der Waals surface area contributed by atoms with Gasteiger partial charge >= 0.3 is 5.97 Å². The van der Waals surface area contributed by atoms with E-state index in [-0.39, 0.29) is 19.0 Å². The molecule has 0 saturated carbocycles. The highest BCUT2D eigenvalue weighted by molar-refractivity contribution is 14.1. The fourth-order valence-corrected chi connectivity index (χ4v) is 3.68. The molecule has 0 unspecified atom stereocenters. The van der Waals surface area contributed by atoms with Crippen LogP contribution in [0.5, 0.6) is 5.75 Å². The van der Waals surface area contributed by atoms with Gasteiger partial charge in [0.25, 0.3) is 0 Å². The van der Waals surface area contributed by atoms with Crippen LogP contribution >= 0.6 is 22.6 Å². The van der Waals surface area contributed by atoms with E-state index in [1.165, 1.54) is 12.1 Å². The van der Waals surface area contributed by atoms with Gasteiger partial charge in [-0.3, -0.25) is 4.79 Å². The van der Waals surface area contributed by atoms with Gasteiger partial charge in [-0.05, 0) is 59.3 Å². The minimum atomic E-state index is -0.424. The summed E-state index contributed by atoms with van der Waals surface area (Å²) in [7, 11) is 1.62. The molecule has 0 aliphatic carbocycles. The molecule has 28 heavy (non-hydrogen) atoms. The van der Waals surface area contributed by atoms with E-state index in [1.54, 1.807) is 20.1 Å². The second kappa shape index (κ2) is 9.38. The van der Waals surface area contributed by atoms with Crippen molar-refractivity contribution in [2.24, 2.45) is 0 Å². The quantitative estimate of drug-likeness (QED) is 0.323. The number of benzene rings is 2. The predicted molar refractivity (Wildman–Crippen MR) is 111 cm³/mol. The first kappa shape index (κ1) is 20.6. The average molecular weight is 498 g/mol. The second-order valence-corrected chi connectivity index (χ2v) is 7.33. The van der Waals surface area contributed by atoms with Crippen LogP contribution in [0, 0.1) is 9.39 Å². The van der Waals surface area contributed by atoms with E-state index in [0.29, 0.717) is 24.5 Å². The Morgan fingerprint density at radius 3 is 2.75 bits per heavy atom. The maximum Gasteiger partial charge on any atom is 0.310 e. The van der Waals surface area contributed by atoms with E-state index in [4.69, 9.17) is 18.6 Å². The molecule has 148 valence electrons. The first-order valence-corrected chi connectivity index (χ1v) is 9.84. The van der Waals surface area contributed by atoms with Crippen molar-refractivity contribution in [1.29, 1.82) is 0 Å². The zero-order chi connectivity index (χ0) is 20.1. The van der Waals surface area contributed by atoms with Crippen molar-refractivity contribution in [2.75, 3.05) is 13.7 Å². The number of esters is 1. The van der Waals surface area contributed by atoms with Crippen molar-refractivity contribution in [3.8, 4) is 5.75 Å². The molecular formula is C21H20FIO5. The predicted octanol–water partition coefficient (Wildman–Crippen LogP) is 5.01. The van der Waals surface area contributed by atoms with Gasteiger partial charge in [-0.25, -0.2) is 4.39 Å². The molecule has 1 heterocycles. The highest BCUT2D eigenvalue weighted by Crippen LogP contribution is 2.28. The maximum atomic E-state index is 13.7. The summed E-state index contributed by atoms with van der Waals surface area (Å²) >= 11 is 2.21. The summed E-state index contributed by atoms with van der Waals surface area (Å²) in [6.07, 6.45) is 0.0299. The molecule has 5 nitrogen and oxygen atoms in total. The lowest BCUT2D eigenvalue weighted by Gasteiger charge is -2.12. The molecule has 2 aromatic carbocycles. The third kappa shape index (κ3) is 5.02. The van der Waals surface area contributed by atoms with Crippen molar-refractivity contribution in [2.45, 2.75) is 26.6 Å². The Morgan fingerprint density at radius 1 is 1.18 bits per heavy atom. The number of rotatable bonds is 8. The molecule has 0 spiro atoms. The molecule has 0 saturated heterocycles. The first-order valence-electron chi connectivity index (χ1n) is 8.76. The van der Waals surface area contributed by atoms with Crippen LogP contribution < -0.4 is 4.74 Å². The smallest absolute Gasteiger partial charge is 0.310 e. The number of furan rings is 1. The van der Waals surface area contributed by atoms with E-state index in [2.05, 4.69) is 22.6 Å². The fourth-order valence-electron chi connectivity index (χ4n) is 2.86. The molecule has 0 aliphatic rings. The summed E-state index contributed by atoms with van der Waals surface area (Å²) in [5, 5.41) is 0.948. The normalized spacial score (nSPS) is 11.0. The first-order chi connectivity index (χ1) is 13.5. The monoisotopic (exact) mass is 498 g/mol. The van der Waals surface area contributed by atoms with Gasteiger partial charge in [-0.1, -0.05) is 6.07 Å². The standard InChI is InChI=1S/C21H20FIO5/c1-3-26-20(24)9-14-4-5-16(22)10-19(14)27-11-13-6-15-8-17(12-25-2)28-21(15)18(23)7-13/h4-8,10H,3,9,11-12H2,1-2H3. The number of carbonyl (C=O) groups excluding carboxylic acids is 1. The van der Waals surface area contributed by atoms with Crippen LogP contribution in [0.3, 0.4) is 0 Å². The molecule has 0 bridgehead atoms. The largest absolute Gasteiger partial charge is 0.488 e. The zero-order valence-corrected chi connectivity index (χ0v) is 17.7. The minimum absolute atomic E-state index is 0.0299. The Kier molecular flexibility index (Phi) is 6.90. The lowest BCUT2D eigenvalue weighted by Crippen LogP contribution is -2.09. The van der Waals surface area contributed by atoms with Gasteiger partial charge in [-0.2, -0.15) is 0 Å². The van der Waals surface area contributed by atoms with Crippen LogP contribution in [0.1, 0.15) is 23.8 Å². The molecule has 3 rings (SSSR count). The fraction of sp³-hybridized carbons (Fsp3) is 0.286. The molecule has 1 aromatic heterocycles. The number of hydrogen-bond acceptors (Lipinski definition) is 5. The van der Waals surface area contributed by atoms with Crippen LogP contribution in [-0.2, 0) is 33.9 Å². The summed E-state index contributed by atoms with van der Waals surface area (Å²) in [6, 6.07) is 9.98. The van der Waals surface area contributed by atoms with E-state index in [9.17, 15) is 9.18 Å². The van der Waals surface area contributed by atoms with Crippen molar-refractivity contribution < 1.29 is 27.8 Å². The van der Waals surface area contributed by atoms with Crippen molar-refractivity contribution in [1.82, 2.24) is 0 Å². The van der Waals surface area contributed by atoms with Gasteiger partial charge in [0, 0.05) is 24.1 Å². The number of halogens is 2. The van der Waals surface area contributed by atoms with E-state index in [1.807, 2.05) is 18.2 Å². The van der Waals surface area contributed by atoms with Gasteiger partial charge in [0.1, 0.15) is 36.1 Å². The molecule has 0 aliphatic heterocycles. The van der Waals surface area contributed by atoms with Gasteiger partial charge in [0.05, 0.1) is 16.6 Å². The minimum Gasteiger partial charge on any atom is -0.488 e. The molecule has 0 atom stereocenters. The lowest BCUT2D eigenvalue weighted by molar-refractivity contribution is -0.142.